The summed E-state index contributed by atoms with van der Waals surface area (Å²) in [6, 6.07) is 0. The van der Waals surface area contributed by atoms with Crippen LogP contribution in [0.1, 0.15) is 0 Å². The molecule has 0 spiro atoms. The third-order valence-corrected chi connectivity index (χ3v) is 0. The average Bonchev–Trinajstić information content (AvgIpc) is 1.00. The van der Waals surface area contributed by atoms with E-state index in [1.54, 1.807) is 0 Å². The fourth-order valence-electron chi connectivity index (χ4n) is 0. The van der Waals surface area contributed by atoms with E-state index in [-0.39, 0.29) is 54.8 Å². The standard InChI is InChI=1S/Ca.Fe.H3PSe.2H/c;;1-2;;/h;;2H,1H2;;. The van der Waals surface area contributed by atoms with Crippen LogP contribution in [0, 0.1) is 0 Å². The van der Waals surface area contributed by atoms with Crippen LogP contribution in [-0.2, 0) is 17.1 Å². The molecule has 0 radical (unpaired) electrons. The number of hydrogen-bond donors (Lipinski definition) is 0. The van der Waals surface area contributed by atoms with E-state index in [1.807, 2.05) is 0 Å². The second-order valence-electron chi connectivity index (χ2n) is 0. The van der Waals surface area contributed by atoms with Crippen molar-refractivity contribution in [2.75, 3.05) is 0 Å². The van der Waals surface area contributed by atoms with Crippen molar-refractivity contribution in [3.8, 4) is 0 Å². The maximum Gasteiger partial charge on any atom is 0 e. The van der Waals surface area contributed by atoms with E-state index >= 15 is 0 Å². The van der Waals surface area contributed by atoms with Gasteiger partial charge in [-0.15, -0.1) is 0 Å². The van der Waals surface area contributed by atoms with Crippen molar-refractivity contribution >= 4 is 61.2 Å². The SMILES string of the molecule is P[SeH].[CaH2].[Fe]. The topological polar surface area (TPSA) is 0 Å². The van der Waals surface area contributed by atoms with Gasteiger partial charge in [0.25, 0.3) is 0 Å². The Balaban J connectivity index is -0.00000000500. The number of rotatable bonds is 0. The summed E-state index contributed by atoms with van der Waals surface area (Å²) < 4.78 is 0. The molecule has 0 aromatic rings. The Kier molecular flexibility index (Phi) is 68.3. The third-order valence-electron chi connectivity index (χ3n) is 0. The van der Waals surface area contributed by atoms with Gasteiger partial charge >= 0.3 is 61.2 Å². The van der Waals surface area contributed by atoms with Gasteiger partial charge in [0, 0.05) is 17.1 Å². The fourth-order valence-corrected chi connectivity index (χ4v) is 0. The minimum Gasteiger partial charge on any atom is 0 e. The Morgan fingerprint density at radius 2 is 1.25 bits per heavy atom. The van der Waals surface area contributed by atoms with Crippen molar-refractivity contribution < 1.29 is 17.1 Å². The second kappa shape index (κ2) is 17.2. The fraction of sp³-hybridized carbons (Fsp3) is 0. The first-order valence-corrected chi connectivity index (χ1v) is 4.02. The molecule has 0 aliphatic carbocycles. The molecule has 0 nitrogen and oxygen atoms in total. The van der Waals surface area contributed by atoms with E-state index < -0.39 is 0 Å². The molecule has 0 amide bonds. The van der Waals surface area contributed by atoms with Crippen molar-refractivity contribution in [3.05, 3.63) is 0 Å². The van der Waals surface area contributed by atoms with E-state index in [2.05, 4.69) is 23.5 Å². The van der Waals surface area contributed by atoms with Crippen molar-refractivity contribution in [1.29, 1.82) is 0 Å². The van der Waals surface area contributed by atoms with Crippen LogP contribution in [-0.4, -0.2) is 53.3 Å². The van der Waals surface area contributed by atoms with Gasteiger partial charge < -0.3 is 0 Å². The molecular weight excluding hydrogens is 206 g/mol. The van der Waals surface area contributed by atoms with Crippen LogP contribution in [0.25, 0.3) is 0 Å². The zero-order valence-electron chi connectivity index (χ0n) is 1.38. The summed E-state index contributed by atoms with van der Waals surface area (Å²) in [5, 5.41) is 0. The zero-order chi connectivity index (χ0) is 2.00. The first kappa shape index (κ1) is 15.9. The van der Waals surface area contributed by atoms with Gasteiger partial charge in [-0.1, -0.05) is 0 Å². The summed E-state index contributed by atoms with van der Waals surface area (Å²) >= 11 is 2.23. The third kappa shape index (κ3) is 8.83. The molecule has 1 unspecified atom stereocenters. The van der Waals surface area contributed by atoms with Crippen LogP contribution in [0.2, 0.25) is 0 Å². The van der Waals surface area contributed by atoms with Crippen LogP contribution in [0.3, 0.4) is 0 Å². The van der Waals surface area contributed by atoms with Crippen LogP contribution in [0.15, 0.2) is 0 Å². The Labute approximate surface area is 77.0 Å². The summed E-state index contributed by atoms with van der Waals surface area (Å²) in [5.41, 5.74) is 0. The van der Waals surface area contributed by atoms with Gasteiger partial charge in [-0.25, -0.2) is 0 Å². The molecule has 26 valence electrons. The van der Waals surface area contributed by atoms with Crippen LogP contribution >= 0.6 is 7.93 Å². The van der Waals surface area contributed by atoms with Crippen molar-refractivity contribution in [1.82, 2.24) is 0 Å². The van der Waals surface area contributed by atoms with Crippen LogP contribution in [0.4, 0.5) is 0 Å². The first-order chi connectivity index (χ1) is 1.00. The van der Waals surface area contributed by atoms with E-state index in [0.717, 1.165) is 0 Å². The molecule has 0 bridgehead atoms. The predicted molar refractivity (Wildman–Crippen MR) is 25.4 cm³/mol. The molecule has 0 rings (SSSR count). The van der Waals surface area contributed by atoms with Gasteiger partial charge in [-0.05, 0) is 0 Å². The van der Waals surface area contributed by atoms with Crippen molar-refractivity contribution in [2.45, 2.75) is 0 Å². The molecule has 4 heavy (non-hydrogen) atoms. The molecule has 0 aliphatic rings. The molecule has 0 aromatic carbocycles. The zero-order valence-corrected chi connectivity index (χ0v) is 5.51. The molecule has 4 heteroatoms. The maximum atomic E-state index is 2.35. The maximum absolute atomic E-state index is 2.35. The van der Waals surface area contributed by atoms with E-state index in [9.17, 15) is 0 Å². The van der Waals surface area contributed by atoms with Crippen molar-refractivity contribution in [3.63, 3.8) is 0 Å². The monoisotopic (exact) mass is 212 g/mol. The Morgan fingerprint density at radius 3 is 1.25 bits per heavy atom. The largest absolute Gasteiger partial charge is 0 e. The van der Waals surface area contributed by atoms with E-state index in [4.69, 9.17) is 0 Å². The van der Waals surface area contributed by atoms with Gasteiger partial charge in [0.1, 0.15) is 0 Å². The molecule has 0 N–H and O–H groups in total. The van der Waals surface area contributed by atoms with Gasteiger partial charge in [0.15, 0.2) is 0 Å². The quantitative estimate of drug-likeness (QED) is 0.347. The molecule has 0 heterocycles. The first-order valence-electron chi connectivity index (χ1n) is 0.258. The van der Waals surface area contributed by atoms with Crippen LogP contribution in [0.5, 0.6) is 0 Å². The summed E-state index contributed by atoms with van der Waals surface area (Å²) in [6.45, 7) is 0. The number of hydrogen-bond acceptors (Lipinski definition) is 0. The average molecular weight is 211 g/mol. The summed E-state index contributed by atoms with van der Waals surface area (Å²) in [6.07, 6.45) is 0. The molecule has 0 saturated carbocycles. The van der Waals surface area contributed by atoms with E-state index in [0.29, 0.717) is 0 Å². The Hall–Kier alpha value is 2.73. The molecule has 1 atom stereocenters. The normalized spacial score (nSPS) is 1.50. The second-order valence-corrected chi connectivity index (χ2v) is 0. The predicted octanol–water partition coefficient (Wildman–Crippen LogP) is -1.24. The molecule has 0 aliphatic heterocycles. The molecular formula is H5CaFePSe. The van der Waals surface area contributed by atoms with E-state index in [1.165, 1.54) is 0 Å². The van der Waals surface area contributed by atoms with Gasteiger partial charge in [-0.2, -0.15) is 0 Å². The minimum absolute atomic E-state index is 0. The minimum atomic E-state index is 0. The summed E-state index contributed by atoms with van der Waals surface area (Å²) in [5.74, 6) is 0. The Morgan fingerprint density at radius 1 is 1.25 bits per heavy atom. The molecule has 0 aromatic heterocycles. The van der Waals surface area contributed by atoms with Gasteiger partial charge in [0.05, 0.1) is 0 Å². The van der Waals surface area contributed by atoms with Crippen molar-refractivity contribution in [2.24, 2.45) is 0 Å². The molecule has 0 fully saturated rings. The van der Waals surface area contributed by atoms with Gasteiger partial charge in [0.2, 0.25) is 0 Å². The summed E-state index contributed by atoms with van der Waals surface area (Å²) in [4.78, 5) is 0. The summed E-state index contributed by atoms with van der Waals surface area (Å²) in [7, 11) is 2.35. The molecule has 0 saturated heterocycles. The van der Waals surface area contributed by atoms with Crippen LogP contribution < -0.4 is 0 Å². The van der Waals surface area contributed by atoms with Gasteiger partial charge in [-0.3, -0.25) is 0 Å². The smallest absolute Gasteiger partial charge is 0 e. The Bertz CT molecular complexity index is 8.00.